The van der Waals surface area contributed by atoms with Gasteiger partial charge in [0.2, 0.25) is 0 Å². The molecule has 1 N–H and O–H groups in total. The fourth-order valence-corrected chi connectivity index (χ4v) is 1.76. The van der Waals surface area contributed by atoms with E-state index in [1.165, 1.54) is 18.3 Å². The molecule has 100 valence electrons. The Morgan fingerprint density at radius 2 is 1.80 bits per heavy atom. The number of benzene rings is 2. The molecule has 1 aromatic heterocycles. The van der Waals surface area contributed by atoms with Gasteiger partial charge in [-0.3, -0.25) is 0 Å². The maximum Gasteiger partial charge on any atom is 0.169 e. The molecule has 3 aromatic rings. The van der Waals surface area contributed by atoms with Gasteiger partial charge in [-0.1, -0.05) is 12.1 Å². The highest BCUT2D eigenvalue weighted by molar-refractivity contribution is 5.41. The van der Waals surface area contributed by atoms with E-state index in [0.717, 1.165) is 5.69 Å². The van der Waals surface area contributed by atoms with Gasteiger partial charge in [0.05, 0.1) is 18.1 Å². The topological polar surface area (TPSA) is 47.3 Å². The number of aromatic nitrogens is 2. The number of hydrogen-bond donors (Lipinski definition) is 1. The highest BCUT2D eigenvalue weighted by Gasteiger charge is 2.06. The average molecular weight is 270 g/mol. The van der Waals surface area contributed by atoms with Crippen LogP contribution < -0.4 is 4.74 Å². The van der Waals surface area contributed by atoms with Crippen LogP contribution in [0.5, 0.6) is 17.2 Å². The summed E-state index contributed by atoms with van der Waals surface area (Å²) in [6, 6.07) is 12.6. The number of nitrogens with zero attached hydrogens (tertiary/aromatic N) is 2. The first-order valence-electron chi connectivity index (χ1n) is 5.99. The van der Waals surface area contributed by atoms with Crippen molar-refractivity contribution in [1.82, 2.24) is 9.78 Å². The van der Waals surface area contributed by atoms with Gasteiger partial charge in [0, 0.05) is 0 Å². The molecule has 0 aliphatic carbocycles. The number of para-hydroxylation sites is 2. The zero-order valence-corrected chi connectivity index (χ0v) is 10.4. The standard InChI is InChI=1S/C15H11FN2O2/c16-11-5-7-12(8-6-11)18-10-13(9-17-18)20-15-4-2-1-3-14(15)19/h1-10,19H. The number of rotatable bonds is 3. The summed E-state index contributed by atoms with van der Waals surface area (Å²) in [5, 5.41) is 13.8. The van der Waals surface area contributed by atoms with Gasteiger partial charge in [-0.05, 0) is 36.4 Å². The predicted octanol–water partition coefficient (Wildman–Crippen LogP) is 3.51. The molecule has 0 aliphatic heterocycles. The zero-order valence-electron chi connectivity index (χ0n) is 10.4. The fraction of sp³-hybridized carbons (Fsp3) is 0. The molecule has 5 heteroatoms. The summed E-state index contributed by atoms with van der Waals surface area (Å²) >= 11 is 0. The molecule has 0 bridgehead atoms. The number of phenols is 1. The highest BCUT2D eigenvalue weighted by atomic mass is 19.1. The Morgan fingerprint density at radius 1 is 1.05 bits per heavy atom. The molecular weight excluding hydrogens is 259 g/mol. The molecule has 4 nitrogen and oxygen atoms in total. The van der Waals surface area contributed by atoms with E-state index in [9.17, 15) is 9.50 Å². The van der Waals surface area contributed by atoms with Gasteiger partial charge >= 0.3 is 0 Å². The van der Waals surface area contributed by atoms with Crippen molar-refractivity contribution in [3.63, 3.8) is 0 Å². The first kappa shape index (κ1) is 12.2. The van der Waals surface area contributed by atoms with Crippen LogP contribution in [0.3, 0.4) is 0 Å². The van der Waals surface area contributed by atoms with Crippen molar-refractivity contribution in [1.29, 1.82) is 0 Å². The molecule has 2 aromatic carbocycles. The van der Waals surface area contributed by atoms with E-state index in [1.807, 2.05) is 0 Å². The molecule has 0 unspecified atom stereocenters. The minimum Gasteiger partial charge on any atom is -0.504 e. The van der Waals surface area contributed by atoms with Crippen LogP contribution in [-0.2, 0) is 0 Å². The second kappa shape index (κ2) is 5.05. The lowest BCUT2D eigenvalue weighted by Crippen LogP contribution is -1.93. The van der Waals surface area contributed by atoms with E-state index < -0.39 is 0 Å². The number of aromatic hydroxyl groups is 1. The van der Waals surface area contributed by atoms with Gasteiger partial charge in [-0.15, -0.1) is 0 Å². The number of halogens is 1. The Hall–Kier alpha value is -2.82. The third kappa shape index (κ3) is 2.47. The van der Waals surface area contributed by atoms with Crippen molar-refractivity contribution in [2.45, 2.75) is 0 Å². The zero-order chi connectivity index (χ0) is 13.9. The Kier molecular flexibility index (Phi) is 3.09. The second-order valence-corrected chi connectivity index (χ2v) is 4.17. The minimum atomic E-state index is -0.299. The summed E-state index contributed by atoms with van der Waals surface area (Å²) in [6.45, 7) is 0. The molecule has 0 radical (unpaired) electrons. The first-order valence-corrected chi connectivity index (χ1v) is 5.99. The van der Waals surface area contributed by atoms with Crippen LogP contribution in [0.1, 0.15) is 0 Å². The summed E-state index contributed by atoms with van der Waals surface area (Å²) in [5.74, 6) is 0.593. The van der Waals surface area contributed by atoms with Crippen LogP contribution >= 0.6 is 0 Å². The first-order chi connectivity index (χ1) is 9.72. The van der Waals surface area contributed by atoms with Crippen molar-refractivity contribution >= 4 is 0 Å². The van der Waals surface area contributed by atoms with Crippen molar-refractivity contribution in [2.75, 3.05) is 0 Å². The molecule has 0 saturated heterocycles. The largest absolute Gasteiger partial charge is 0.504 e. The van der Waals surface area contributed by atoms with Crippen LogP contribution in [0.4, 0.5) is 4.39 Å². The third-order valence-electron chi connectivity index (χ3n) is 2.74. The number of ether oxygens (including phenoxy) is 1. The summed E-state index contributed by atoms with van der Waals surface area (Å²) < 4.78 is 19.9. The van der Waals surface area contributed by atoms with Gasteiger partial charge in [0.25, 0.3) is 0 Å². The molecule has 0 aliphatic rings. The molecule has 0 atom stereocenters. The molecule has 3 rings (SSSR count). The van der Waals surface area contributed by atoms with Crippen LogP contribution in [0.15, 0.2) is 60.9 Å². The SMILES string of the molecule is Oc1ccccc1Oc1cnn(-c2ccc(F)cc2)c1. The summed E-state index contributed by atoms with van der Waals surface area (Å²) in [5.41, 5.74) is 0.721. The van der Waals surface area contributed by atoms with E-state index in [2.05, 4.69) is 5.10 Å². The minimum absolute atomic E-state index is 0.0574. The maximum atomic E-state index is 12.9. The average Bonchev–Trinajstić information content (AvgIpc) is 2.91. The van der Waals surface area contributed by atoms with Crippen LogP contribution in [-0.4, -0.2) is 14.9 Å². The smallest absolute Gasteiger partial charge is 0.169 e. The Bertz CT molecular complexity index is 723. The maximum absolute atomic E-state index is 12.9. The van der Waals surface area contributed by atoms with E-state index in [0.29, 0.717) is 11.5 Å². The normalized spacial score (nSPS) is 10.4. The van der Waals surface area contributed by atoms with Crippen molar-refractivity contribution in [3.05, 3.63) is 66.7 Å². The van der Waals surface area contributed by atoms with Crippen LogP contribution in [0.2, 0.25) is 0 Å². The summed E-state index contributed by atoms with van der Waals surface area (Å²) in [4.78, 5) is 0. The number of hydrogen-bond acceptors (Lipinski definition) is 3. The third-order valence-corrected chi connectivity index (χ3v) is 2.74. The fourth-order valence-electron chi connectivity index (χ4n) is 1.76. The van der Waals surface area contributed by atoms with E-state index in [-0.39, 0.29) is 11.6 Å². The lowest BCUT2D eigenvalue weighted by atomic mass is 10.3. The van der Waals surface area contributed by atoms with Crippen molar-refractivity contribution in [3.8, 4) is 22.9 Å². The molecule has 0 spiro atoms. The van der Waals surface area contributed by atoms with Gasteiger partial charge in [-0.25, -0.2) is 9.07 Å². The lowest BCUT2D eigenvalue weighted by molar-refractivity contribution is 0.411. The van der Waals surface area contributed by atoms with E-state index in [4.69, 9.17) is 4.74 Å². The molecule has 0 amide bonds. The highest BCUT2D eigenvalue weighted by Crippen LogP contribution is 2.29. The van der Waals surface area contributed by atoms with E-state index in [1.54, 1.807) is 47.3 Å². The molecule has 0 fully saturated rings. The monoisotopic (exact) mass is 270 g/mol. The summed E-state index contributed by atoms with van der Waals surface area (Å²) in [7, 11) is 0. The Balaban J connectivity index is 1.84. The van der Waals surface area contributed by atoms with Gasteiger partial charge in [0.1, 0.15) is 5.82 Å². The van der Waals surface area contributed by atoms with Crippen LogP contribution in [0, 0.1) is 5.82 Å². The van der Waals surface area contributed by atoms with Gasteiger partial charge in [-0.2, -0.15) is 5.10 Å². The molecule has 0 saturated carbocycles. The summed E-state index contributed by atoms with van der Waals surface area (Å²) in [6.07, 6.45) is 3.18. The van der Waals surface area contributed by atoms with Gasteiger partial charge in [0.15, 0.2) is 17.2 Å². The molecule has 1 heterocycles. The van der Waals surface area contributed by atoms with E-state index >= 15 is 0 Å². The van der Waals surface area contributed by atoms with Crippen molar-refractivity contribution in [2.24, 2.45) is 0 Å². The Labute approximate surface area is 114 Å². The van der Waals surface area contributed by atoms with Gasteiger partial charge < -0.3 is 9.84 Å². The van der Waals surface area contributed by atoms with Crippen molar-refractivity contribution < 1.29 is 14.2 Å². The molecular formula is C15H11FN2O2. The quantitative estimate of drug-likeness (QED) is 0.792. The lowest BCUT2D eigenvalue weighted by Gasteiger charge is -2.04. The van der Waals surface area contributed by atoms with Crippen LogP contribution in [0.25, 0.3) is 5.69 Å². The second-order valence-electron chi connectivity index (χ2n) is 4.17. The predicted molar refractivity (Wildman–Crippen MR) is 71.7 cm³/mol. The number of phenolic OH excluding ortho intramolecular Hbond substituents is 1. The Morgan fingerprint density at radius 3 is 2.55 bits per heavy atom. The molecule has 20 heavy (non-hydrogen) atoms.